The summed E-state index contributed by atoms with van der Waals surface area (Å²) in [6.07, 6.45) is 0. The van der Waals surface area contributed by atoms with E-state index in [1.807, 2.05) is 12.1 Å². The van der Waals surface area contributed by atoms with E-state index >= 15 is 0 Å². The lowest BCUT2D eigenvalue weighted by Crippen LogP contribution is -1.97. The number of rotatable bonds is 6. The summed E-state index contributed by atoms with van der Waals surface area (Å²) >= 11 is 0. The molecule has 0 saturated carbocycles. The number of benzene rings is 9. The highest BCUT2D eigenvalue weighted by Gasteiger charge is 2.18. The van der Waals surface area contributed by atoms with Crippen LogP contribution >= 0.6 is 0 Å². The van der Waals surface area contributed by atoms with Gasteiger partial charge < -0.3 is 8.98 Å². The minimum absolute atomic E-state index is 0.917. The van der Waals surface area contributed by atoms with Crippen LogP contribution in [-0.2, 0) is 0 Å². The molecule has 2 heteroatoms. The molecule has 11 aromatic rings. The van der Waals surface area contributed by atoms with Crippen LogP contribution < -0.4 is 0 Å². The summed E-state index contributed by atoms with van der Waals surface area (Å²) in [7, 11) is 0. The standard InChI is InChI=1S/C54H35NO/c1-3-11-36(12-4-1)43-27-30-46-47-31-28-44(37-13-5-2-6-14-37)35-52(47)55(51(46)34-43)50-17-9-7-15-45(50)41-25-23-39(24-26-41)38-19-21-40(22-20-38)42-29-32-54-49(33-42)48-16-8-10-18-53(48)56-54/h1-35H. The van der Waals surface area contributed by atoms with Crippen molar-refractivity contribution in [2.75, 3.05) is 0 Å². The van der Waals surface area contributed by atoms with Crippen LogP contribution in [0.4, 0.5) is 0 Å². The molecule has 56 heavy (non-hydrogen) atoms. The van der Waals surface area contributed by atoms with Crippen molar-refractivity contribution >= 4 is 43.7 Å². The zero-order valence-corrected chi connectivity index (χ0v) is 30.6. The molecule has 0 N–H and O–H groups in total. The number of hydrogen-bond acceptors (Lipinski definition) is 1. The fourth-order valence-corrected chi connectivity index (χ4v) is 8.41. The Kier molecular flexibility index (Phi) is 7.53. The van der Waals surface area contributed by atoms with Crippen LogP contribution in [0.5, 0.6) is 0 Å². The molecule has 0 aliphatic carbocycles. The molecule has 262 valence electrons. The van der Waals surface area contributed by atoms with Crippen LogP contribution in [0.1, 0.15) is 0 Å². The van der Waals surface area contributed by atoms with E-state index in [0.717, 1.165) is 27.6 Å². The van der Waals surface area contributed by atoms with Gasteiger partial charge in [-0.2, -0.15) is 0 Å². The van der Waals surface area contributed by atoms with Crippen molar-refractivity contribution in [1.29, 1.82) is 0 Å². The maximum Gasteiger partial charge on any atom is 0.135 e. The lowest BCUT2D eigenvalue weighted by atomic mass is 9.97. The molecule has 0 bridgehead atoms. The van der Waals surface area contributed by atoms with Gasteiger partial charge in [-0.05, 0) is 86.5 Å². The number of para-hydroxylation sites is 2. The number of furan rings is 1. The van der Waals surface area contributed by atoms with E-state index in [9.17, 15) is 0 Å². The maximum atomic E-state index is 6.07. The predicted molar refractivity (Wildman–Crippen MR) is 235 cm³/mol. The minimum Gasteiger partial charge on any atom is -0.456 e. The Bertz CT molecular complexity index is 3110. The van der Waals surface area contributed by atoms with Gasteiger partial charge in [0.2, 0.25) is 0 Å². The van der Waals surface area contributed by atoms with Gasteiger partial charge in [0.25, 0.3) is 0 Å². The number of aromatic nitrogens is 1. The SMILES string of the molecule is c1ccc(-c2ccc3c4ccc(-c5ccccc5)cc4n(-c4ccccc4-c4ccc(-c5ccc(-c6ccc7oc8ccccc8c7c6)cc5)cc4)c3c2)cc1. The summed E-state index contributed by atoms with van der Waals surface area (Å²) in [6.45, 7) is 0. The Morgan fingerprint density at radius 3 is 1.32 bits per heavy atom. The monoisotopic (exact) mass is 713 g/mol. The first-order chi connectivity index (χ1) is 27.7. The molecule has 0 saturated heterocycles. The van der Waals surface area contributed by atoms with Crippen molar-refractivity contribution in [1.82, 2.24) is 4.57 Å². The average Bonchev–Trinajstić information content (AvgIpc) is 3.81. The van der Waals surface area contributed by atoms with Gasteiger partial charge in [0.1, 0.15) is 11.2 Å². The summed E-state index contributed by atoms with van der Waals surface area (Å²) in [5.41, 5.74) is 17.3. The highest BCUT2D eigenvalue weighted by atomic mass is 16.3. The van der Waals surface area contributed by atoms with Gasteiger partial charge in [-0.25, -0.2) is 0 Å². The Morgan fingerprint density at radius 1 is 0.268 bits per heavy atom. The average molecular weight is 714 g/mol. The molecule has 0 radical (unpaired) electrons. The van der Waals surface area contributed by atoms with Crippen molar-refractivity contribution in [3.63, 3.8) is 0 Å². The number of fused-ring (bicyclic) bond motifs is 6. The molecule has 0 aliphatic rings. The van der Waals surface area contributed by atoms with E-state index in [-0.39, 0.29) is 0 Å². The van der Waals surface area contributed by atoms with Crippen molar-refractivity contribution in [3.8, 4) is 61.3 Å². The molecule has 2 aromatic heterocycles. The number of hydrogen-bond donors (Lipinski definition) is 0. The van der Waals surface area contributed by atoms with Gasteiger partial charge >= 0.3 is 0 Å². The molecule has 0 fully saturated rings. The zero-order valence-electron chi connectivity index (χ0n) is 30.6. The van der Waals surface area contributed by atoms with Gasteiger partial charge in [-0.15, -0.1) is 0 Å². The molecule has 0 amide bonds. The third-order valence-corrected chi connectivity index (χ3v) is 11.3. The van der Waals surface area contributed by atoms with E-state index in [0.29, 0.717) is 0 Å². The summed E-state index contributed by atoms with van der Waals surface area (Å²) < 4.78 is 8.54. The highest BCUT2D eigenvalue weighted by molar-refractivity contribution is 6.12. The molecular formula is C54H35NO. The second-order valence-corrected chi connectivity index (χ2v) is 14.5. The lowest BCUT2D eigenvalue weighted by molar-refractivity contribution is 0.669. The van der Waals surface area contributed by atoms with Crippen molar-refractivity contribution in [2.45, 2.75) is 0 Å². The molecule has 0 unspecified atom stereocenters. The van der Waals surface area contributed by atoms with E-state index in [4.69, 9.17) is 4.42 Å². The third kappa shape index (κ3) is 5.42. The van der Waals surface area contributed by atoms with Gasteiger partial charge in [0.05, 0.1) is 16.7 Å². The second kappa shape index (κ2) is 13.2. The van der Waals surface area contributed by atoms with E-state index < -0.39 is 0 Å². The molecule has 2 nitrogen and oxygen atoms in total. The number of nitrogens with zero attached hydrogens (tertiary/aromatic N) is 1. The smallest absolute Gasteiger partial charge is 0.135 e. The summed E-state index contributed by atoms with van der Waals surface area (Å²) in [6, 6.07) is 76.6. The summed E-state index contributed by atoms with van der Waals surface area (Å²) in [5, 5.41) is 4.78. The van der Waals surface area contributed by atoms with Crippen LogP contribution in [0.3, 0.4) is 0 Å². The Morgan fingerprint density at radius 2 is 0.696 bits per heavy atom. The molecule has 0 spiro atoms. The topological polar surface area (TPSA) is 18.1 Å². The van der Waals surface area contributed by atoms with E-state index in [2.05, 4.69) is 205 Å². The van der Waals surface area contributed by atoms with Gasteiger partial charge in [0.15, 0.2) is 0 Å². The molecule has 0 atom stereocenters. The molecular weight excluding hydrogens is 679 g/mol. The summed E-state index contributed by atoms with van der Waals surface area (Å²) in [5.74, 6) is 0. The molecule has 2 heterocycles. The van der Waals surface area contributed by atoms with Crippen LogP contribution in [0.2, 0.25) is 0 Å². The highest BCUT2D eigenvalue weighted by Crippen LogP contribution is 2.40. The van der Waals surface area contributed by atoms with Crippen molar-refractivity contribution < 1.29 is 4.42 Å². The normalized spacial score (nSPS) is 11.6. The van der Waals surface area contributed by atoms with Crippen molar-refractivity contribution in [2.24, 2.45) is 0 Å². The van der Waals surface area contributed by atoms with Gasteiger partial charge in [-0.1, -0.05) is 176 Å². The van der Waals surface area contributed by atoms with E-state index in [1.165, 1.54) is 77.4 Å². The fourth-order valence-electron chi connectivity index (χ4n) is 8.41. The van der Waals surface area contributed by atoms with Crippen LogP contribution in [0.15, 0.2) is 217 Å². The fraction of sp³-hybridized carbons (Fsp3) is 0. The van der Waals surface area contributed by atoms with Crippen LogP contribution in [0, 0.1) is 0 Å². The third-order valence-electron chi connectivity index (χ3n) is 11.3. The molecule has 0 aliphatic heterocycles. The van der Waals surface area contributed by atoms with E-state index in [1.54, 1.807) is 0 Å². The van der Waals surface area contributed by atoms with Gasteiger partial charge in [0, 0.05) is 27.1 Å². The quantitative estimate of drug-likeness (QED) is 0.168. The Balaban J connectivity index is 0.988. The summed E-state index contributed by atoms with van der Waals surface area (Å²) in [4.78, 5) is 0. The van der Waals surface area contributed by atoms with Crippen LogP contribution in [0.25, 0.3) is 105 Å². The molecule has 11 rings (SSSR count). The Labute approximate surface area is 325 Å². The first-order valence-corrected chi connectivity index (χ1v) is 19.2. The van der Waals surface area contributed by atoms with Gasteiger partial charge in [-0.3, -0.25) is 0 Å². The predicted octanol–water partition coefficient (Wildman–Crippen LogP) is 15.0. The minimum atomic E-state index is 0.917. The zero-order chi connectivity index (χ0) is 37.0. The Hall–Kier alpha value is -7.42. The first-order valence-electron chi connectivity index (χ1n) is 19.2. The van der Waals surface area contributed by atoms with Crippen molar-refractivity contribution in [3.05, 3.63) is 212 Å². The molecule has 9 aromatic carbocycles. The largest absolute Gasteiger partial charge is 0.456 e. The first kappa shape index (κ1) is 32.0. The second-order valence-electron chi connectivity index (χ2n) is 14.5. The van der Waals surface area contributed by atoms with Crippen LogP contribution in [-0.4, -0.2) is 4.57 Å². The maximum absolute atomic E-state index is 6.07. The lowest BCUT2D eigenvalue weighted by Gasteiger charge is -2.15.